The molecule has 3 aromatic rings. The normalized spacial score (nSPS) is 11.9. The van der Waals surface area contributed by atoms with Crippen LogP contribution in [0.15, 0.2) is 77.7 Å². The van der Waals surface area contributed by atoms with Crippen LogP contribution >= 0.6 is 11.6 Å². The topological polar surface area (TPSA) is 96.0 Å². The predicted octanol–water partition coefficient (Wildman–Crippen LogP) is 5.58. The van der Waals surface area contributed by atoms with Crippen molar-refractivity contribution in [1.29, 1.82) is 0 Å². The number of carbonyl (C=O) groups excluding carboxylic acids is 2. The number of hydrogen-bond acceptors (Lipinski definition) is 5. The molecule has 41 heavy (non-hydrogen) atoms. The molecular formula is C31H38ClN3O5S. The highest BCUT2D eigenvalue weighted by atomic mass is 35.5. The summed E-state index contributed by atoms with van der Waals surface area (Å²) in [4.78, 5) is 28.6. The van der Waals surface area contributed by atoms with Crippen molar-refractivity contribution in [3.05, 3.63) is 88.9 Å². The molecule has 0 fully saturated rings. The van der Waals surface area contributed by atoms with Gasteiger partial charge in [-0.15, -0.1) is 0 Å². The Hall–Kier alpha value is -3.56. The number of halogens is 1. The van der Waals surface area contributed by atoms with Gasteiger partial charge in [0.05, 0.1) is 17.2 Å². The van der Waals surface area contributed by atoms with E-state index in [0.29, 0.717) is 23.9 Å². The molecule has 1 atom stereocenters. The number of ether oxygens (including phenoxy) is 1. The third-order valence-corrected chi connectivity index (χ3v) is 8.74. The summed E-state index contributed by atoms with van der Waals surface area (Å²) in [5.74, 6) is -0.520. The summed E-state index contributed by atoms with van der Waals surface area (Å²) in [5.41, 5.74) is 2.03. The maximum absolute atomic E-state index is 14.1. The van der Waals surface area contributed by atoms with Crippen molar-refractivity contribution < 1.29 is 22.7 Å². The van der Waals surface area contributed by atoms with Crippen LogP contribution in [0.1, 0.15) is 44.7 Å². The van der Waals surface area contributed by atoms with Gasteiger partial charge >= 0.3 is 0 Å². The van der Waals surface area contributed by atoms with Crippen molar-refractivity contribution in [2.24, 2.45) is 0 Å². The molecule has 1 N–H and O–H groups in total. The second-order valence-corrected chi connectivity index (χ2v) is 11.9. The number of sulfonamides is 1. The average molecular weight is 600 g/mol. The fourth-order valence-electron chi connectivity index (χ4n) is 4.28. The number of benzene rings is 3. The molecule has 8 nitrogen and oxygen atoms in total. The molecule has 0 saturated heterocycles. The van der Waals surface area contributed by atoms with Crippen molar-refractivity contribution in [1.82, 2.24) is 10.2 Å². The minimum atomic E-state index is -4.24. The number of nitrogens with zero attached hydrogens (tertiary/aromatic N) is 2. The molecule has 10 heteroatoms. The van der Waals surface area contributed by atoms with Crippen molar-refractivity contribution >= 4 is 39.1 Å². The molecular weight excluding hydrogens is 562 g/mol. The lowest BCUT2D eigenvalue weighted by molar-refractivity contribution is -0.139. The van der Waals surface area contributed by atoms with Gasteiger partial charge in [-0.25, -0.2) is 8.42 Å². The summed E-state index contributed by atoms with van der Waals surface area (Å²) < 4.78 is 34.8. The lowest BCUT2D eigenvalue weighted by atomic mass is 10.1. The largest absolute Gasteiger partial charge is 0.492 e. The quantitative estimate of drug-likeness (QED) is 0.244. The van der Waals surface area contributed by atoms with Crippen LogP contribution < -0.4 is 14.4 Å². The van der Waals surface area contributed by atoms with E-state index in [9.17, 15) is 18.0 Å². The third kappa shape index (κ3) is 8.24. The lowest BCUT2D eigenvalue weighted by Gasteiger charge is -2.32. The minimum Gasteiger partial charge on any atom is -0.492 e. The molecule has 0 radical (unpaired) electrons. The summed E-state index contributed by atoms with van der Waals surface area (Å²) >= 11 is 6.02. The highest BCUT2D eigenvalue weighted by molar-refractivity contribution is 7.92. The van der Waals surface area contributed by atoms with E-state index < -0.39 is 28.5 Å². The number of carbonyl (C=O) groups is 2. The predicted molar refractivity (Wildman–Crippen MR) is 163 cm³/mol. The maximum atomic E-state index is 14.1. The molecule has 0 bridgehead atoms. The Morgan fingerprint density at radius 2 is 1.63 bits per heavy atom. The number of aryl methyl sites for hydroxylation is 1. The van der Waals surface area contributed by atoms with Crippen molar-refractivity contribution in [2.45, 2.75) is 58.0 Å². The van der Waals surface area contributed by atoms with Crippen LogP contribution in [-0.4, -0.2) is 50.9 Å². The molecule has 0 saturated carbocycles. The van der Waals surface area contributed by atoms with E-state index >= 15 is 0 Å². The van der Waals surface area contributed by atoms with Crippen LogP contribution in [0.25, 0.3) is 0 Å². The monoisotopic (exact) mass is 599 g/mol. The van der Waals surface area contributed by atoms with E-state index in [1.807, 2.05) is 38.1 Å². The van der Waals surface area contributed by atoms with Gasteiger partial charge < -0.3 is 15.0 Å². The minimum absolute atomic E-state index is 0.0307. The molecule has 3 aromatic carbocycles. The number of rotatable bonds is 14. The molecule has 0 unspecified atom stereocenters. The molecule has 0 aliphatic rings. The number of anilines is 1. The highest BCUT2D eigenvalue weighted by Gasteiger charge is 2.34. The molecule has 0 aliphatic heterocycles. The van der Waals surface area contributed by atoms with E-state index in [1.54, 1.807) is 38.1 Å². The van der Waals surface area contributed by atoms with E-state index in [2.05, 4.69) is 5.32 Å². The Balaban J connectivity index is 2.06. The van der Waals surface area contributed by atoms with Crippen LogP contribution in [0.2, 0.25) is 5.02 Å². The van der Waals surface area contributed by atoms with Gasteiger partial charge in [0.25, 0.3) is 10.0 Å². The Morgan fingerprint density at radius 3 is 2.29 bits per heavy atom. The van der Waals surface area contributed by atoms with Crippen molar-refractivity contribution in [3.63, 3.8) is 0 Å². The van der Waals surface area contributed by atoms with E-state index in [1.165, 1.54) is 29.2 Å². The smallest absolute Gasteiger partial charge is 0.264 e. The summed E-state index contributed by atoms with van der Waals surface area (Å²) in [6, 6.07) is 19.2. The van der Waals surface area contributed by atoms with Crippen LogP contribution in [0.4, 0.5) is 5.69 Å². The molecule has 0 heterocycles. The van der Waals surface area contributed by atoms with Crippen molar-refractivity contribution in [2.75, 3.05) is 24.0 Å². The zero-order valence-electron chi connectivity index (χ0n) is 24.0. The molecule has 2 amide bonds. The molecule has 0 aliphatic carbocycles. The fraction of sp³-hybridized carbons (Fsp3) is 0.355. The number of amides is 2. The number of nitrogens with one attached hydrogen (secondary N) is 1. The second-order valence-electron chi connectivity index (χ2n) is 9.64. The summed E-state index contributed by atoms with van der Waals surface area (Å²) in [6.07, 6.45) is 1.72. The Labute approximate surface area is 248 Å². The Morgan fingerprint density at radius 1 is 0.976 bits per heavy atom. The van der Waals surface area contributed by atoms with E-state index in [0.717, 1.165) is 28.3 Å². The second kappa shape index (κ2) is 14.9. The van der Waals surface area contributed by atoms with Gasteiger partial charge in [-0.1, -0.05) is 61.3 Å². The zero-order chi connectivity index (χ0) is 30.0. The lowest BCUT2D eigenvalue weighted by Crippen LogP contribution is -2.51. The van der Waals surface area contributed by atoms with Gasteiger partial charge in [0.15, 0.2) is 0 Å². The molecule has 3 rings (SSSR count). The van der Waals surface area contributed by atoms with Gasteiger partial charge in [0.2, 0.25) is 11.8 Å². The highest BCUT2D eigenvalue weighted by Crippen LogP contribution is 2.33. The van der Waals surface area contributed by atoms with Gasteiger partial charge in [-0.05, 0) is 74.7 Å². The first-order chi connectivity index (χ1) is 19.6. The average Bonchev–Trinajstić information content (AvgIpc) is 2.96. The van der Waals surface area contributed by atoms with Gasteiger partial charge in [0, 0.05) is 18.1 Å². The summed E-state index contributed by atoms with van der Waals surface area (Å²) in [5, 5.41) is 3.28. The number of para-hydroxylation sites is 2. The number of unbranched alkanes of at least 4 members (excludes halogenated alkanes) is 1. The fourth-order valence-corrected chi connectivity index (χ4v) is 5.83. The summed E-state index contributed by atoms with van der Waals surface area (Å²) in [6.45, 7) is 7.79. The van der Waals surface area contributed by atoms with Crippen LogP contribution in [-0.2, 0) is 26.2 Å². The van der Waals surface area contributed by atoms with Crippen LogP contribution in [0, 0.1) is 6.92 Å². The Kier molecular flexibility index (Phi) is 11.6. The first kappa shape index (κ1) is 32.0. The first-order valence-corrected chi connectivity index (χ1v) is 15.5. The zero-order valence-corrected chi connectivity index (χ0v) is 25.5. The van der Waals surface area contributed by atoms with Crippen molar-refractivity contribution in [3.8, 4) is 5.75 Å². The number of hydrogen-bond donors (Lipinski definition) is 1. The molecule has 0 spiro atoms. The first-order valence-electron chi connectivity index (χ1n) is 13.7. The molecule has 0 aromatic heterocycles. The Bertz CT molecular complexity index is 1430. The van der Waals surface area contributed by atoms with Gasteiger partial charge in [0.1, 0.15) is 18.3 Å². The van der Waals surface area contributed by atoms with Gasteiger partial charge in [-0.3, -0.25) is 13.9 Å². The maximum Gasteiger partial charge on any atom is 0.264 e. The van der Waals surface area contributed by atoms with E-state index in [4.69, 9.17) is 16.3 Å². The standard InChI is InChI=1S/C31H38ClN3O5S/c1-5-7-20-33-31(37)24(4)34(21-25-13-9-8-12-23(25)3)30(36)22-35(28-14-10-11-15-29(28)40-6-2)41(38,39)27-18-16-26(32)17-19-27/h8-19,24H,5-7,20-22H2,1-4H3,(H,33,37)/t24-/m1/s1. The van der Waals surface area contributed by atoms with Crippen LogP contribution in [0.3, 0.4) is 0 Å². The SMILES string of the molecule is CCCCNC(=O)[C@@H](C)N(Cc1ccccc1C)C(=O)CN(c1ccccc1OCC)S(=O)(=O)c1ccc(Cl)cc1. The summed E-state index contributed by atoms with van der Waals surface area (Å²) in [7, 11) is -4.24. The van der Waals surface area contributed by atoms with E-state index in [-0.39, 0.29) is 23.0 Å². The van der Waals surface area contributed by atoms with Crippen LogP contribution in [0.5, 0.6) is 5.75 Å². The third-order valence-electron chi connectivity index (χ3n) is 6.71. The molecule has 220 valence electrons. The van der Waals surface area contributed by atoms with Gasteiger partial charge in [-0.2, -0.15) is 0 Å².